The number of nitrogens with zero attached hydrogens (tertiary/aromatic N) is 1. The van der Waals surface area contributed by atoms with Gasteiger partial charge in [-0.2, -0.15) is 13.2 Å². The first-order valence-corrected chi connectivity index (χ1v) is 7.47. The molecule has 3 rings (SSSR count). The van der Waals surface area contributed by atoms with E-state index >= 15 is 0 Å². The van der Waals surface area contributed by atoms with E-state index < -0.39 is 12.7 Å². The van der Waals surface area contributed by atoms with Crippen molar-refractivity contribution in [1.82, 2.24) is 10.2 Å². The van der Waals surface area contributed by atoms with E-state index in [0.717, 1.165) is 23.2 Å². The number of hydrogen-bond donors (Lipinski definition) is 1. The van der Waals surface area contributed by atoms with Crippen LogP contribution in [0.4, 0.5) is 13.2 Å². The fourth-order valence-corrected chi connectivity index (χ4v) is 3.00. The van der Waals surface area contributed by atoms with Crippen LogP contribution in [0.2, 0.25) is 0 Å². The van der Waals surface area contributed by atoms with Crippen molar-refractivity contribution in [3.05, 3.63) is 36.1 Å². The summed E-state index contributed by atoms with van der Waals surface area (Å²) < 4.78 is 42.7. The van der Waals surface area contributed by atoms with Crippen molar-refractivity contribution in [3.8, 4) is 0 Å². The minimum absolute atomic E-state index is 0.270. The molecule has 22 heavy (non-hydrogen) atoms. The molecule has 1 atom stereocenters. The molecule has 1 aliphatic rings. The normalized spacial score (nSPS) is 20.0. The Bertz CT molecular complexity index is 590. The van der Waals surface area contributed by atoms with Crippen molar-refractivity contribution < 1.29 is 17.6 Å². The Kier molecular flexibility index (Phi) is 4.40. The van der Waals surface area contributed by atoms with E-state index in [1.54, 1.807) is 0 Å². The molecule has 1 aliphatic heterocycles. The van der Waals surface area contributed by atoms with Crippen LogP contribution in [-0.2, 0) is 6.54 Å². The van der Waals surface area contributed by atoms with Crippen LogP contribution in [-0.4, -0.2) is 37.3 Å². The van der Waals surface area contributed by atoms with Gasteiger partial charge in [0.05, 0.1) is 13.1 Å². The van der Waals surface area contributed by atoms with Gasteiger partial charge in [-0.15, -0.1) is 0 Å². The lowest BCUT2D eigenvalue weighted by Crippen LogP contribution is -2.33. The molecule has 1 fully saturated rings. The quantitative estimate of drug-likeness (QED) is 0.917. The Morgan fingerprint density at radius 3 is 2.86 bits per heavy atom. The van der Waals surface area contributed by atoms with Gasteiger partial charge in [0.15, 0.2) is 0 Å². The Morgan fingerprint density at radius 1 is 1.27 bits per heavy atom. The molecule has 6 heteroatoms. The summed E-state index contributed by atoms with van der Waals surface area (Å²) in [5.41, 5.74) is 0.858. The molecule has 120 valence electrons. The summed E-state index contributed by atoms with van der Waals surface area (Å²) in [4.78, 5) is 1.48. The van der Waals surface area contributed by atoms with Crippen LogP contribution in [0.15, 0.2) is 34.7 Å². The van der Waals surface area contributed by atoms with E-state index in [-0.39, 0.29) is 5.92 Å². The molecule has 2 heterocycles. The minimum atomic E-state index is -4.10. The van der Waals surface area contributed by atoms with Crippen molar-refractivity contribution in [3.63, 3.8) is 0 Å². The molecule has 0 bridgehead atoms. The van der Waals surface area contributed by atoms with E-state index in [2.05, 4.69) is 5.32 Å². The molecule has 1 aromatic carbocycles. The number of alkyl halides is 3. The molecule has 0 aliphatic carbocycles. The molecule has 3 nitrogen and oxygen atoms in total. The van der Waals surface area contributed by atoms with Gasteiger partial charge in [0.1, 0.15) is 11.3 Å². The summed E-state index contributed by atoms with van der Waals surface area (Å²) in [6.07, 6.45) is -3.29. The molecule has 0 radical (unpaired) electrons. The summed E-state index contributed by atoms with van der Waals surface area (Å²) in [5, 5.41) is 4.35. The summed E-state index contributed by atoms with van der Waals surface area (Å²) in [6.45, 7) is 1.55. The lowest BCUT2D eigenvalue weighted by atomic mass is 10.1. The summed E-state index contributed by atoms with van der Waals surface area (Å²) in [6, 6.07) is 9.80. The maximum Gasteiger partial charge on any atom is 0.401 e. The van der Waals surface area contributed by atoms with Crippen molar-refractivity contribution in [2.24, 2.45) is 5.92 Å². The lowest BCUT2D eigenvalue weighted by molar-refractivity contribution is -0.143. The molecular weight excluding hydrogens is 293 g/mol. The van der Waals surface area contributed by atoms with Crippen LogP contribution in [0.25, 0.3) is 11.0 Å². The minimum Gasteiger partial charge on any atom is -0.460 e. The van der Waals surface area contributed by atoms with E-state index in [1.807, 2.05) is 30.3 Å². The van der Waals surface area contributed by atoms with Gasteiger partial charge in [0, 0.05) is 11.9 Å². The molecule has 0 amide bonds. The van der Waals surface area contributed by atoms with Gasteiger partial charge in [-0.25, -0.2) is 0 Å². The van der Waals surface area contributed by atoms with E-state index in [1.165, 1.54) is 4.90 Å². The second-order valence-corrected chi connectivity index (χ2v) is 5.89. The monoisotopic (exact) mass is 312 g/mol. The second-order valence-electron chi connectivity index (χ2n) is 5.89. The van der Waals surface area contributed by atoms with Gasteiger partial charge >= 0.3 is 6.18 Å². The molecule has 1 unspecified atom stereocenters. The highest BCUT2D eigenvalue weighted by molar-refractivity contribution is 5.77. The molecule has 1 N–H and O–H groups in total. The SMILES string of the molecule is FC(F)(F)CN1CCC(CNCc2cc3ccccc3o2)C1. The third-order valence-corrected chi connectivity index (χ3v) is 3.98. The van der Waals surface area contributed by atoms with Crippen molar-refractivity contribution in [2.45, 2.75) is 19.1 Å². The van der Waals surface area contributed by atoms with Crippen LogP contribution in [0.5, 0.6) is 0 Å². The standard InChI is InChI=1S/C16H19F3N2O/c17-16(18,19)11-21-6-5-12(10-21)8-20-9-14-7-13-3-1-2-4-15(13)22-14/h1-4,7,12,20H,5-6,8-11H2. The van der Waals surface area contributed by atoms with Crippen LogP contribution in [0.1, 0.15) is 12.2 Å². The Balaban J connectivity index is 1.44. The number of furan rings is 1. The zero-order valence-corrected chi connectivity index (χ0v) is 12.2. The van der Waals surface area contributed by atoms with Crippen molar-refractivity contribution in [2.75, 3.05) is 26.2 Å². The largest absolute Gasteiger partial charge is 0.460 e. The Hall–Kier alpha value is -1.53. The van der Waals surface area contributed by atoms with Gasteiger partial charge in [-0.1, -0.05) is 18.2 Å². The predicted molar refractivity (Wildman–Crippen MR) is 78.5 cm³/mol. The van der Waals surface area contributed by atoms with E-state index in [4.69, 9.17) is 4.42 Å². The first-order chi connectivity index (χ1) is 10.5. The predicted octanol–water partition coefficient (Wildman–Crippen LogP) is 3.41. The number of rotatable bonds is 5. The highest BCUT2D eigenvalue weighted by atomic mass is 19.4. The topological polar surface area (TPSA) is 28.4 Å². The summed E-state index contributed by atoms with van der Waals surface area (Å²) >= 11 is 0. The van der Waals surface area contributed by atoms with Gasteiger partial charge in [-0.05, 0) is 37.6 Å². The Morgan fingerprint density at radius 2 is 2.09 bits per heavy atom. The molecule has 0 spiro atoms. The fraction of sp³-hybridized carbons (Fsp3) is 0.500. The fourth-order valence-electron chi connectivity index (χ4n) is 3.00. The van der Waals surface area contributed by atoms with Gasteiger partial charge < -0.3 is 9.73 Å². The number of fused-ring (bicyclic) bond motifs is 1. The summed E-state index contributed by atoms with van der Waals surface area (Å²) in [5.74, 6) is 1.12. The highest BCUT2D eigenvalue weighted by Gasteiger charge is 2.34. The average Bonchev–Trinajstić information content (AvgIpc) is 3.03. The lowest BCUT2D eigenvalue weighted by Gasteiger charge is -2.17. The molecule has 0 saturated carbocycles. The zero-order chi connectivity index (χ0) is 15.6. The number of likely N-dealkylation sites (tertiary alicyclic amines) is 1. The maximum absolute atomic E-state index is 12.3. The molecular formula is C16H19F3N2O. The third kappa shape index (κ3) is 4.01. The number of nitrogens with one attached hydrogen (secondary N) is 1. The zero-order valence-electron chi connectivity index (χ0n) is 12.2. The first kappa shape index (κ1) is 15.4. The molecule has 1 aromatic heterocycles. The number of para-hydroxylation sites is 1. The summed E-state index contributed by atoms with van der Waals surface area (Å²) in [7, 11) is 0. The third-order valence-electron chi connectivity index (χ3n) is 3.98. The van der Waals surface area contributed by atoms with Gasteiger partial charge in [0.2, 0.25) is 0 Å². The van der Waals surface area contributed by atoms with Crippen molar-refractivity contribution >= 4 is 11.0 Å². The van der Waals surface area contributed by atoms with E-state index in [0.29, 0.717) is 26.2 Å². The maximum atomic E-state index is 12.3. The van der Waals surface area contributed by atoms with Crippen LogP contribution in [0.3, 0.4) is 0 Å². The average molecular weight is 312 g/mol. The highest BCUT2D eigenvalue weighted by Crippen LogP contribution is 2.23. The smallest absolute Gasteiger partial charge is 0.401 e. The van der Waals surface area contributed by atoms with Gasteiger partial charge in [0.25, 0.3) is 0 Å². The van der Waals surface area contributed by atoms with Crippen LogP contribution >= 0.6 is 0 Å². The molecule has 2 aromatic rings. The molecule has 1 saturated heterocycles. The number of hydrogen-bond acceptors (Lipinski definition) is 3. The number of benzene rings is 1. The van der Waals surface area contributed by atoms with E-state index in [9.17, 15) is 13.2 Å². The van der Waals surface area contributed by atoms with Crippen molar-refractivity contribution in [1.29, 1.82) is 0 Å². The first-order valence-electron chi connectivity index (χ1n) is 7.47. The second kappa shape index (κ2) is 6.30. The van der Waals surface area contributed by atoms with Crippen LogP contribution in [0, 0.1) is 5.92 Å². The number of halogens is 3. The van der Waals surface area contributed by atoms with Gasteiger partial charge in [-0.3, -0.25) is 4.90 Å². The Labute approximate surface area is 127 Å². The van der Waals surface area contributed by atoms with Crippen LogP contribution < -0.4 is 5.32 Å².